The van der Waals surface area contributed by atoms with Crippen LogP contribution < -0.4 is 0 Å². The van der Waals surface area contributed by atoms with Crippen molar-refractivity contribution in [3.63, 3.8) is 0 Å². The third-order valence-corrected chi connectivity index (χ3v) is 1.80. The topological polar surface area (TPSA) is 63.6 Å². The summed E-state index contributed by atoms with van der Waals surface area (Å²) in [7, 11) is -3.99. The summed E-state index contributed by atoms with van der Waals surface area (Å²) in [5.41, 5.74) is -1.11. The van der Waals surface area contributed by atoms with Crippen LogP contribution in [-0.4, -0.2) is 25.0 Å². The lowest BCUT2D eigenvalue weighted by Gasteiger charge is -2.05. The minimum absolute atomic E-state index is 0.279. The molecule has 1 N–H and O–H groups in total. The Balaban J connectivity index is 3.90. The molecule has 0 aliphatic heterocycles. The summed E-state index contributed by atoms with van der Waals surface area (Å²) in [4.78, 5) is 0. The van der Waals surface area contributed by atoms with Gasteiger partial charge in [0.15, 0.2) is 5.44 Å². The molecule has 0 aromatic heterocycles. The fourth-order valence-electron chi connectivity index (χ4n) is 0.321. The molecule has 0 fully saturated rings. The van der Waals surface area contributed by atoms with E-state index in [9.17, 15) is 8.42 Å². The maximum atomic E-state index is 10.2. The van der Waals surface area contributed by atoms with Crippen molar-refractivity contribution in [1.29, 1.82) is 0 Å². The molecule has 5 heteroatoms. The van der Waals surface area contributed by atoms with Gasteiger partial charge in [0.2, 0.25) is 0 Å². The van der Waals surface area contributed by atoms with Crippen molar-refractivity contribution in [2.75, 3.05) is 6.61 Å². The quantitative estimate of drug-likeness (QED) is 0.592. The van der Waals surface area contributed by atoms with E-state index in [-0.39, 0.29) is 6.61 Å². The first-order valence-corrected chi connectivity index (χ1v) is 4.06. The fraction of sp³-hybridized carbons (Fsp3) is 1.00. The number of hydrogen-bond acceptors (Lipinski definition) is 3. The first-order valence-electron chi connectivity index (χ1n) is 2.56. The van der Waals surface area contributed by atoms with Gasteiger partial charge in [0.05, 0.1) is 0 Å². The zero-order valence-electron chi connectivity index (χ0n) is 5.36. The first-order chi connectivity index (χ1) is 3.98. The van der Waals surface area contributed by atoms with Crippen molar-refractivity contribution in [2.45, 2.75) is 19.3 Å². The SMILES string of the molecule is CCOC(C)S(=O)(=O)O. The number of ether oxygens (including phenoxy) is 1. The summed E-state index contributed by atoms with van der Waals surface area (Å²) in [5.74, 6) is 0. The lowest BCUT2D eigenvalue weighted by molar-refractivity contribution is 0.122. The lowest BCUT2D eigenvalue weighted by Crippen LogP contribution is -2.19. The van der Waals surface area contributed by atoms with E-state index in [1.54, 1.807) is 6.92 Å². The third-order valence-electron chi connectivity index (χ3n) is 0.821. The first kappa shape index (κ1) is 8.87. The van der Waals surface area contributed by atoms with E-state index in [1.807, 2.05) is 0 Å². The monoisotopic (exact) mass is 154 g/mol. The Kier molecular flexibility index (Phi) is 3.10. The lowest BCUT2D eigenvalue weighted by atomic mass is 10.8. The Labute approximate surface area is 54.6 Å². The molecule has 0 aliphatic rings. The molecule has 0 radical (unpaired) electrons. The van der Waals surface area contributed by atoms with E-state index in [0.29, 0.717) is 0 Å². The smallest absolute Gasteiger partial charge is 0.291 e. The van der Waals surface area contributed by atoms with Crippen molar-refractivity contribution in [2.24, 2.45) is 0 Å². The standard InChI is InChI=1S/C4H10O4S/c1-3-8-4(2)9(5,6)7/h4H,3H2,1-2H3,(H,5,6,7). The van der Waals surface area contributed by atoms with E-state index < -0.39 is 15.6 Å². The average molecular weight is 154 g/mol. The molecule has 0 aliphatic carbocycles. The molecule has 4 nitrogen and oxygen atoms in total. The van der Waals surface area contributed by atoms with E-state index in [4.69, 9.17) is 4.55 Å². The molecule has 1 atom stereocenters. The van der Waals surface area contributed by atoms with Crippen LogP contribution in [0.2, 0.25) is 0 Å². The molecule has 0 heterocycles. The predicted molar refractivity (Wildman–Crippen MR) is 32.6 cm³/mol. The zero-order chi connectivity index (χ0) is 7.49. The number of rotatable bonds is 3. The van der Waals surface area contributed by atoms with Crippen LogP contribution in [0, 0.1) is 0 Å². The van der Waals surface area contributed by atoms with E-state index in [1.165, 1.54) is 6.92 Å². The van der Waals surface area contributed by atoms with E-state index in [0.717, 1.165) is 0 Å². The van der Waals surface area contributed by atoms with Crippen LogP contribution in [0.3, 0.4) is 0 Å². The van der Waals surface area contributed by atoms with Gasteiger partial charge in [-0.15, -0.1) is 0 Å². The van der Waals surface area contributed by atoms with Gasteiger partial charge in [-0.3, -0.25) is 4.55 Å². The van der Waals surface area contributed by atoms with Gasteiger partial charge >= 0.3 is 0 Å². The van der Waals surface area contributed by atoms with Crippen molar-refractivity contribution in [1.82, 2.24) is 0 Å². The minimum atomic E-state index is -3.99. The second-order valence-corrected chi connectivity index (χ2v) is 3.23. The van der Waals surface area contributed by atoms with E-state index >= 15 is 0 Å². The van der Waals surface area contributed by atoms with Crippen molar-refractivity contribution in [3.05, 3.63) is 0 Å². The highest BCUT2D eigenvalue weighted by Gasteiger charge is 2.15. The molecule has 0 rings (SSSR count). The van der Waals surface area contributed by atoms with Crippen molar-refractivity contribution < 1.29 is 17.7 Å². The summed E-state index contributed by atoms with van der Waals surface area (Å²) in [5, 5.41) is 0. The summed E-state index contributed by atoms with van der Waals surface area (Å²) in [6.07, 6.45) is 0. The molecular weight excluding hydrogens is 144 g/mol. The van der Waals surface area contributed by atoms with Gasteiger partial charge in [0.25, 0.3) is 10.1 Å². The van der Waals surface area contributed by atoms with Crippen LogP contribution in [0.5, 0.6) is 0 Å². The van der Waals surface area contributed by atoms with Gasteiger partial charge in [-0.2, -0.15) is 8.42 Å². The highest BCUT2D eigenvalue weighted by atomic mass is 32.2. The van der Waals surface area contributed by atoms with Gasteiger partial charge in [0, 0.05) is 6.61 Å². The highest BCUT2D eigenvalue weighted by Crippen LogP contribution is 1.97. The maximum absolute atomic E-state index is 10.2. The Hall–Kier alpha value is -0.130. The van der Waals surface area contributed by atoms with Crippen LogP contribution in [0.25, 0.3) is 0 Å². The van der Waals surface area contributed by atoms with Gasteiger partial charge in [-0.1, -0.05) is 0 Å². The van der Waals surface area contributed by atoms with Gasteiger partial charge in [-0.25, -0.2) is 0 Å². The van der Waals surface area contributed by atoms with Gasteiger partial charge < -0.3 is 4.74 Å². The molecule has 0 aromatic rings. The Morgan fingerprint density at radius 2 is 2.11 bits per heavy atom. The van der Waals surface area contributed by atoms with Crippen LogP contribution in [0.4, 0.5) is 0 Å². The maximum Gasteiger partial charge on any atom is 0.291 e. The highest BCUT2D eigenvalue weighted by molar-refractivity contribution is 7.86. The van der Waals surface area contributed by atoms with Crippen molar-refractivity contribution in [3.8, 4) is 0 Å². The molecule has 1 unspecified atom stereocenters. The molecular formula is C4H10O4S. The second kappa shape index (κ2) is 3.14. The molecule has 0 aromatic carbocycles. The average Bonchev–Trinajstić information content (AvgIpc) is 1.64. The van der Waals surface area contributed by atoms with Crippen molar-refractivity contribution >= 4 is 10.1 Å². The molecule has 56 valence electrons. The summed E-state index contributed by atoms with van der Waals surface area (Å²) in [6.45, 7) is 3.21. The minimum Gasteiger partial charge on any atom is -0.360 e. The Morgan fingerprint density at radius 3 is 2.22 bits per heavy atom. The normalized spacial score (nSPS) is 15.4. The summed E-state index contributed by atoms with van der Waals surface area (Å²) >= 11 is 0. The Bertz CT molecular complexity index is 159. The molecule has 0 saturated heterocycles. The molecule has 0 amide bonds. The van der Waals surface area contributed by atoms with Crippen LogP contribution in [-0.2, 0) is 14.9 Å². The molecule has 0 spiro atoms. The molecule has 9 heavy (non-hydrogen) atoms. The number of hydrogen-bond donors (Lipinski definition) is 1. The molecule has 0 saturated carbocycles. The van der Waals surface area contributed by atoms with Gasteiger partial charge in [0.1, 0.15) is 0 Å². The summed E-state index contributed by atoms with van der Waals surface area (Å²) in [6, 6.07) is 0. The molecule has 0 bridgehead atoms. The largest absolute Gasteiger partial charge is 0.360 e. The van der Waals surface area contributed by atoms with Crippen LogP contribution in [0.15, 0.2) is 0 Å². The summed E-state index contributed by atoms with van der Waals surface area (Å²) < 4.78 is 33.1. The predicted octanol–water partition coefficient (Wildman–Crippen LogP) is 0.257. The zero-order valence-corrected chi connectivity index (χ0v) is 6.18. The van der Waals surface area contributed by atoms with Crippen LogP contribution >= 0.6 is 0 Å². The third kappa shape index (κ3) is 3.45. The fourth-order valence-corrected chi connectivity index (χ4v) is 0.629. The Morgan fingerprint density at radius 1 is 1.67 bits per heavy atom. The second-order valence-electron chi connectivity index (χ2n) is 1.54. The van der Waals surface area contributed by atoms with Crippen LogP contribution in [0.1, 0.15) is 13.8 Å². The van der Waals surface area contributed by atoms with Gasteiger partial charge in [-0.05, 0) is 13.8 Å². The van der Waals surface area contributed by atoms with E-state index in [2.05, 4.69) is 4.74 Å².